The molecule has 1 fully saturated rings. The van der Waals surface area contributed by atoms with Gasteiger partial charge in [0.15, 0.2) is 0 Å². The van der Waals surface area contributed by atoms with Crippen molar-refractivity contribution in [2.24, 2.45) is 11.7 Å². The first-order valence-electron chi connectivity index (χ1n) is 25.0. The largest absolute Gasteiger partial charge is 0.480 e. The summed E-state index contributed by atoms with van der Waals surface area (Å²) in [5.41, 5.74) is 7.14. The number of rotatable bonds is 20. The standard InChI is InChI=1S/C10H21NO2.C9H19NO.C9H17N.C7H15N.C6H15N.C5H11NO2.C5H13NO/c1-5-7-9(6-2)11(3)8-10(12)13-4;1-4-8-5-7(2)9(11)6-10(8)3;1-4-9-7-8(2)5-6-10(9)3;1-4-6-7(5-2)8-3;1-3-5-6(7)4-2;1-3-4(6-2)5(7)8;1-3-5(4-7)6-2/h9H,5-8H2,1-4H3;7-9,11H,4-6H2,1-3H3;5,9H,4,6-7H2,1-3H3;4,6-8H,5H2,1-3H3;6H,3-5,7H2,1-2H3;4,6H,3H2,1-2H3,(H,7,8);5-7H,3-4H2,1-2H3/b;;;6-4+;;;/t9-;7?,8-,9?;9-;7-;6-;4-;5-/m1111111/s1. The Balaban J connectivity index is -0.000000214. The first-order valence-corrected chi connectivity index (χ1v) is 25.0. The molecule has 0 amide bonds. The Kier molecular flexibility index (Phi) is 54.4. The summed E-state index contributed by atoms with van der Waals surface area (Å²) in [6, 6.07) is 2.92. The predicted molar refractivity (Wildman–Crippen MR) is 277 cm³/mol. The lowest BCUT2D eigenvalue weighted by molar-refractivity contribution is -0.142. The number of esters is 1. The fourth-order valence-electron chi connectivity index (χ4n) is 7.02. The number of carbonyl (C=O) groups is 2. The number of nitrogens with zero attached hydrogens (tertiary/aromatic N) is 3. The number of β-amino-alcohol motifs (C(OH)–C–C–N with tert-alkyl or cyclic N) is 1. The minimum atomic E-state index is -0.782. The van der Waals surface area contributed by atoms with Gasteiger partial charge in [0.25, 0.3) is 0 Å². The van der Waals surface area contributed by atoms with Gasteiger partial charge >= 0.3 is 11.9 Å². The van der Waals surface area contributed by atoms with Gasteiger partial charge in [-0.2, -0.15) is 0 Å². The number of carboxylic acids is 1. The zero-order valence-electron chi connectivity index (χ0n) is 45.4. The van der Waals surface area contributed by atoms with Crippen LogP contribution in [0, 0.1) is 5.92 Å². The number of carboxylic acid groups (broad SMARTS) is 1. The molecule has 0 saturated carbocycles. The summed E-state index contributed by atoms with van der Waals surface area (Å²) >= 11 is 0. The van der Waals surface area contributed by atoms with Crippen molar-refractivity contribution in [1.82, 2.24) is 30.7 Å². The fraction of sp³-hybridized carbons (Fsp3) is 0.882. The second-order valence-corrected chi connectivity index (χ2v) is 17.3. The van der Waals surface area contributed by atoms with E-state index in [2.05, 4.69) is 130 Å². The Morgan fingerprint density at radius 3 is 1.75 bits per heavy atom. The van der Waals surface area contributed by atoms with Crippen LogP contribution in [0.1, 0.15) is 167 Å². The van der Waals surface area contributed by atoms with Crippen molar-refractivity contribution in [1.29, 1.82) is 0 Å². The SMILES string of the molecule is C/C=C/[C@@H](CC)NC.CCC[C@@H](CC)N(C)CC(=O)OC.CCC[C@H](N)CC.CC[C@@H](NC)C(=O)O.CC[C@@H]1CC(C)=CCN1C.CC[C@@H]1CC(C)C(O)CN1C.CC[C@H](CO)NC. The van der Waals surface area contributed by atoms with Gasteiger partial charge in [-0.1, -0.05) is 106 Å². The molecule has 0 aliphatic carbocycles. The van der Waals surface area contributed by atoms with E-state index in [1.54, 1.807) is 12.6 Å². The van der Waals surface area contributed by atoms with Gasteiger partial charge in [0.2, 0.25) is 0 Å². The fourth-order valence-corrected chi connectivity index (χ4v) is 7.02. The van der Waals surface area contributed by atoms with Gasteiger partial charge in [0, 0.05) is 49.3 Å². The molecular formula is C51H111N7O6. The van der Waals surface area contributed by atoms with Crippen molar-refractivity contribution in [2.45, 2.75) is 215 Å². The van der Waals surface area contributed by atoms with E-state index >= 15 is 0 Å². The zero-order chi connectivity index (χ0) is 50.6. The number of ether oxygens (including phenoxy) is 1. The lowest BCUT2D eigenvalue weighted by Crippen LogP contribution is -2.46. The summed E-state index contributed by atoms with van der Waals surface area (Å²) in [6.45, 7) is 28.2. The maximum Gasteiger partial charge on any atom is 0.320 e. The quantitative estimate of drug-likeness (QED) is 0.0464. The molecule has 64 heavy (non-hydrogen) atoms. The third kappa shape index (κ3) is 40.3. The maximum absolute atomic E-state index is 11.0. The number of likely N-dealkylation sites (tertiary alicyclic amines) is 1. The lowest BCUT2D eigenvalue weighted by atomic mass is 9.89. The van der Waals surface area contributed by atoms with E-state index in [4.69, 9.17) is 15.9 Å². The van der Waals surface area contributed by atoms with Crippen LogP contribution in [0.3, 0.4) is 0 Å². The molecule has 0 aromatic heterocycles. The van der Waals surface area contributed by atoms with Gasteiger partial charge in [-0.25, -0.2) is 0 Å². The summed E-state index contributed by atoms with van der Waals surface area (Å²) in [6.07, 6.45) is 21.0. The average Bonchev–Trinajstić information content (AvgIpc) is 3.28. The molecular weight excluding hydrogens is 807 g/mol. The molecule has 13 heteroatoms. The highest BCUT2D eigenvalue weighted by Gasteiger charge is 2.28. The monoisotopic (exact) mass is 918 g/mol. The number of likely N-dealkylation sites (N-methyl/N-ethyl adjacent to an activating group) is 6. The highest BCUT2D eigenvalue weighted by Crippen LogP contribution is 2.23. The molecule has 2 heterocycles. The van der Waals surface area contributed by atoms with Crippen LogP contribution in [0.15, 0.2) is 23.8 Å². The van der Waals surface area contributed by atoms with E-state index < -0.39 is 5.97 Å². The highest BCUT2D eigenvalue weighted by atomic mass is 16.5. The van der Waals surface area contributed by atoms with Gasteiger partial charge in [0.1, 0.15) is 6.04 Å². The number of aliphatic hydroxyl groups excluding tert-OH is 2. The molecule has 0 aromatic carbocycles. The maximum atomic E-state index is 11.0. The van der Waals surface area contributed by atoms with Crippen molar-refractivity contribution in [2.75, 3.05) is 75.6 Å². The third-order valence-electron chi connectivity index (χ3n) is 12.2. The van der Waals surface area contributed by atoms with Crippen LogP contribution in [0.2, 0.25) is 0 Å². The Morgan fingerprint density at radius 2 is 1.47 bits per heavy atom. The molecule has 0 spiro atoms. The molecule has 2 aliphatic rings. The Morgan fingerprint density at radius 1 is 0.891 bits per heavy atom. The van der Waals surface area contributed by atoms with E-state index in [0.29, 0.717) is 49.1 Å². The smallest absolute Gasteiger partial charge is 0.320 e. The summed E-state index contributed by atoms with van der Waals surface area (Å²) in [4.78, 5) is 27.8. The van der Waals surface area contributed by atoms with Gasteiger partial charge in [0.05, 0.1) is 26.4 Å². The second-order valence-electron chi connectivity index (χ2n) is 17.3. The minimum absolute atomic E-state index is 0.109. The number of methoxy groups -OCH3 is 1. The van der Waals surface area contributed by atoms with Crippen LogP contribution in [0.4, 0.5) is 0 Å². The van der Waals surface area contributed by atoms with E-state index in [-0.39, 0.29) is 24.7 Å². The third-order valence-corrected chi connectivity index (χ3v) is 12.2. The van der Waals surface area contributed by atoms with Crippen molar-refractivity contribution in [3.63, 3.8) is 0 Å². The average molecular weight is 918 g/mol. The number of piperidine rings is 1. The molecule has 2 rings (SSSR count). The van der Waals surface area contributed by atoms with Gasteiger partial charge < -0.3 is 46.6 Å². The lowest BCUT2D eigenvalue weighted by Gasteiger charge is -2.38. The zero-order valence-corrected chi connectivity index (χ0v) is 45.4. The van der Waals surface area contributed by atoms with Crippen LogP contribution in [-0.2, 0) is 14.3 Å². The number of hydrogen-bond donors (Lipinski definition) is 7. The molecule has 13 nitrogen and oxygen atoms in total. The Hall–Kier alpha value is -1.94. The molecule has 0 radical (unpaired) electrons. The van der Waals surface area contributed by atoms with Crippen LogP contribution in [0.25, 0.3) is 0 Å². The van der Waals surface area contributed by atoms with Crippen LogP contribution in [-0.4, -0.2) is 166 Å². The number of aliphatic carboxylic acids is 1. The van der Waals surface area contributed by atoms with E-state index in [0.717, 1.165) is 57.7 Å². The Bertz CT molecular complexity index is 1070. The van der Waals surface area contributed by atoms with Crippen molar-refractivity contribution in [3.05, 3.63) is 23.8 Å². The van der Waals surface area contributed by atoms with Crippen LogP contribution < -0.4 is 21.7 Å². The molecule has 9 atom stereocenters. The predicted octanol–water partition coefficient (Wildman–Crippen LogP) is 7.94. The van der Waals surface area contributed by atoms with Crippen molar-refractivity contribution >= 4 is 11.9 Å². The van der Waals surface area contributed by atoms with Crippen LogP contribution in [0.5, 0.6) is 0 Å². The molecule has 0 bridgehead atoms. The van der Waals surface area contributed by atoms with Crippen molar-refractivity contribution < 1.29 is 29.6 Å². The number of aliphatic hydroxyl groups is 2. The molecule has 0 aromatic rings. The van der Waals surface area contributed by atoms with Gasteiger partial charge in [-0.15, -0.1) is 0 Å². The normalized spacial score (nSPS) is 20.7. The van der Waals surface area contributed by atoms with Gasteiger partial charge in [-0.05, 0) is 133 Å². The van der Waals surface area contributed by atoms with E-state index in [9.17, 15) is 14.7 Å². The summed E-state index contributed by atoms with van der Waals surface area (Å²) in [7, 11) is 13.2. The summed E-state index contributed by atoms with van der Waals surface area (Å²) in [5.74, 6) is -0.455. The second kappa shape index (κ2) is 49.0. The minimum Gasteiger partial charge on any atom is -0.480 e. The number of carbonyl (C=O) groups excluding carboxylic acids is 1. The molecule has 2 aliphatic heterocycles. The first kappa shape index (κ1) is 71.1. The van der Waals surface area contributed by atoms with E-state index in [1.165, 1.54) is 45.6 Å². The Labute approximate surface area is 397 Å². The number of nitrogens with two attached hydrogens (primary N) is 1. The van der Waals surface area contributed by atoms with Crippen molar-refractivity contribution in [3.8, 4) is 0 Å². The molecule has 2 unspecified atom stereocenters. The topological polar surface area (TPSA) is 176 Å². The number of hydrogen-bond acceptors (Lipinski definition) is 12. The van der Waals surface area contributed by atoms with E-state index in [1.807, 2.05) is 41.9 Å². The molecule has 1 saturated heterocycles. The summed E-state index contributed by atoms with van der Waals surface area (Å²) < 4.78 is 4.61. The first-order chi connectivity index (χ1) is 30.3. The molecule has 386 valence electrons. The summed E-state index contributed by atoms with van der Waals surface area (Å²) in [5, 5.41) is 35.1. The molecule has 8 N–H and O–H groups in total. The van der Waals surface area contributed by atoms with Gasteiger partial charge in [-0.3, -0.25) is 19.4 Å². The van der Waals surface area contributed by atoms with Crippen LogP contribution >= 0.6 is 0 Å². The highest BCUT2D eigenvalue weighted by molar-refractivity contribution is 5.73. The number of allylic oxidation sites excluding steroid dienone is 1. The number of nitrogens with one attached hydrogen (secondary N) is 3.